The van der Waals surface area contributed by atoms with Crippen molar-refractivity contribution in [3.8, 4) is 0 Å². The van der Waals surface area contributed by atoms with Crippen LogP contribution < -0.4 is 10.2 Å². The lowest BCUT2D eigenvalue weighted by Gasteiger charge is -2.20. The maximum atomic E-state index is 13.0. The second-order valence-electron chi connectivity index (χ2n) is 7.48. The molecule has 2 heterocycles. The van der Waals surface area contributed by atoms with Gasteiger partial charge < -0.3 is 15.0 Å². The van der Waals surface area contributed by atoms with Crippen LogP contribution in [0.3, 0.4) is 0 Å². The van der Waals surface area contributed by atoms with Crippen molar-refractivity contribution < 1.29 is 27.5 Å². The van der Waals surface area contributed by atoms with E-state index in [0.717, 1.165) is 23.5 Å². The molecule has 0 saturated carbocycles. The number of amides is 1. The number of halogens is 3. The highest BCUT2D eigenvalue weighted by atomic mass is 32.1. The van der Waals surface area contributed by atoms with E-state index in [0.29, 0.717) is 16.3 Å². The van der Waals surface area contributed by atoms with E-state index in [4.69, 9.17) is 4.74 Å². The quantitative estimate of drug-likeness (QED) is 0.641. The number of ether oxygens (including phenoxy) is 1. The fourth-order valence-electron chi connectivity index (χ4n) is 2.92. The van der Waals surface area contributed by atoms with Crippen molar-refractivity contribution in [2.75, 3.05) is 17.3 Å². The summed E-state index contributed by atoms with van der Waals surface area (Å²) in [5.41, 5.74) is -0.405. The summed E-state index contributed by atoms with van der Waals surface area (Å²) < 4.78 is 44.5. The van der Waals surface area contributed by atoms with Crippen molar-refractivity contribution >= 4 is 39.6 Å². The van der Waals surface area contributed by atoms with E-state index in [1.54, 1.807) is 39.6 Å². The molecule has 0 saturated heterocycles. The number of hydrogen-bond donors (Lipinski definition) is 1. The molecule has 1 amide bonds. The summed E-state index contributed by atoms with van der Waals surface area (Å²) in [5, 5.41) is 3.00. The smallest absolute Gasteiger partial charge is 0.416 e. The van der Waals surface area contributed by atoms with Crippen molar-refractivity contribution in [3.05, 3.63) is 39.8 Å². The zero-order chi connectivity index (χ0) is 21.0. The van der Waals surface area contributed by atoms with Crippen molar-refractivity contribution in [2.45, 2.75) is 39.5 Å². The largest absolute Gasteiger partial charge is 0.456 e. The summed E-state index contributed by atoms with van der Waals surface area (Å²) in [6.45, 7) is 6.85. The fourth-order valence-corrected chi connectivity index (χ4v) is 4.08. The van der Waals surface area contributed by atoms with Crippen LogP contribution in [0.25, 0.3) is 0 Å². The van der Waals surface area contributed by atoms with Crippen LogP contribution in [0.2, 0.25) is 0 Å². The normalized spacial score (nSPS) is 14.1. The van der Waals surface area contributed by atoms with Gasteiger partial charge >= 0.3 is 12.1 Å². The van der Waals surface area contributed by atoms with Crippen LogP contribution in [0.1, 0.15) is 51.9 Å². The second kappa shape index (κ2) is 6.51. The van der Waals surface area contributed by atoms with Gasteiger partial charge in [-0.2, -0.15) is 13.2 Å². The van der Waals surface area contributed by atoms with E-state index in [-0.39, 0.29) is 16.1 Å². The Hall–Kier alpha value is -2.55. The van der Waals surface area contributed by atoms with E-state index in [1.807, 2.05) is 0 Å². The molecule has 9 heteroatoms. The number of carbonyl (C=O) groups is 2. The number of benzene rings is 1. The molecule has 28 heavy (non-hydrogen) atoms. The first-order chi connectivity index (χ1) is 12.8. The summed E-state index contributed by atoms with van der Waals surface area (Å²) in [7, 11) is 1.64. The third-order valence-electron chi connectivity index (χ3n) is 4.18. The number of esters is 1. The minimum atomic E-state index is -4.52. The SMILES string of the molecule is Cc1c(C(=O)OC(C)(C)C)sc2c1C(=O)Nc1cc(C(F)(F)F)ccc1N2C. The Morgan fingerprint density at radius 1 is 1.21 bits per heavy atom. The highest BCUT2D eigenvalue weighted by Crippen LogP contribution is 2.45. The Bertz CT molecular complexity index is 974. The van der Waals surface area contributed by atoms with Crippen LogP contribution in [-0.2, 0) is 10.9 Å². The molecule has 0 fully saturated rings. The minimum absolute atomic E-state index is 0.0592. The predicted molar refractivity (Wildman–Crippen MR) is 102 cm³/mol. The molecule has 5 nitrogen and oxygen atoms in total. The van der Waals surface area contributed by atoms with Gasteiger partial charge in [0.2, 0.25) is 0 Å². The zero-order valence-electron chi connectivity index (χ0n) is 15.9. The molecule has 1 aliphatic rings. The minimum Gasteiger partial charge on any atom is -0.456 e. The second-order valence-corrected chi connectivity index (χ2v) is 8.48. The number of nitrogens with one attached hydrogen (secondary N) is 1. The molecule has 0 atom stereocenters. The number of rotatable bonds is 1. The molecule has 0 aliphatic carbocycles. The van der Waals surface area contributed by atoms with Crippen LogP contribution in [0.4, 0.5) is 29.5 Å². The monoisotopic (exact) mass is 412 g/mol. The number of carbonyl (C=O) groups excluding carboxylic acids is 2. The summed E-state index contributed by atoms with van der Waals surface area (Å²) in [6, 6.07) is 3.17. The third-order valence-corrected chi connectivity index (χ3v) is 5.53. The van der Waals surface area contributed by atoms with E-state index in [9.17, 15) is 22.8 Å². The number of fused-ring (bicyclic) bond motifs is 2. The molecule has 1 aliphatic heterocycles. The van der Waals surface area contributed by atoms with Crippen LogP contribution in [0, 0.1) is 6.92 Å². The van der Waals surface area contributed by atoms with E-state index < -0.39 is 29.2 Å². The van der Waals surface area contributed by atoms with E-state index in [1.165, 1.54) is 6.07 Å². The molecule has 0 bridgehead atoms. The van der Waals surface area contributed by atoms with Crippen molar-refractivity contribution in [1.29, 1.82) is 0 Å². The summed E-state index contributed by atoms with van der Waals surface area (Å²) >= 11 is 1.08. The van der Waals surface area contributed by atoms with Crippen LogP contribution >= 0.6 is 11.3 Å². The molecular weight excluding hydrogens is 393 g/mol. The molecule has 3 rings (SSSR count). The first-order valence-electron chi connectivity index (χ1n) is 8.42. The topological polar surface area (TPSA) is 58.6 Å². The lowest BCUT2D eigenvalue weighted by Crippen LogP contribution is -2.24. The van der Waals surface area contributed by atoms with Gasteiger partial charge in [-0.3, -0.25) is 4.79 Å². The summed E-state index contributed by atoms with van der Waals surface area (Å²) in [5.74, 6) is -1.11. The van der Waals surface area contributed by atoms with Gasteiger partial charge in [0.1, 0.15) is 15.5 Å². The highest BCUT2D eigenvalue weighted by Gasteiger charge is 2.35. The standard InChI is InChI=1S/C19H19F3N2O3S/c1-9-13-15(25)23-11-8-10(19(20,21)22)6-7-12(11)24(5)16(13)28-14(9)17(26)27-18(2,3)4/h6-8H,1-5H3,(H,23,25). The van der Waals surface area contributed by atoms with Crippen molar-refractivity contribution in [1.82, 2.24) is 0 Å². The summed E-state index contributed by atoms with van der Waals surface area (Å²) in [6.07, 6.45) is -4.52. The Balaban J connectivity index is 2.09. The van der Waals surface area contributed by atoms with Crippen LogP contribution in [0.15, 0.2) is 18.2 Å². The molecule has 0 radical (unpaired) electrons. The maximum absolute atomic E-state index is 13.0. The Kier molecular flexibility index (Phi) is 4.69. The predicted octanol–water partition coefficient (Wildman–Crippen LogP) is 5.36. The zero-order valence-corrected chi connectivity index (χ0v) is 16.8. The molecule has 0 spiro atoms. The average Bonchev–Trinajstić information content (AvgIpc) is 2.84. The number of thiophene rings is 1. The van der Waals surface area contributed by atoms with Gasteiger partial charge in [0.15, 0.2) is 0 Å². The van der Waals surface area contributed by atoms with Crippen LogP contribution in [0.5, 0.6) is 0 Å². The lowest BCUT2D eigenvalue weighted by atomic mass is 10.1. The van der Waals surface area contributed by atoms with Crippen molar-refractivity contribution in [3.63, 3.8) is 0 Å². The molecular formula is C19H19F3N2O3S. The number of hydrogen-bond acceptors (Lipinski definition) is 5. The molecule has 0 unspecified atom stereocenters. The molecule has 150 valence electrons. The number of nitrogens with zero attached hydrogens (tertiary/aromatic N) is 1. The Morgan fingerprint density at radius 2 is 1.86 bits per heavy atom. The van der Waals surface area contributed by atoms with Gasteiger partial charge in [0, 0.05) is 7.05 Å². The van der Waals surface area contributed by atoms with Gasteiger partial charge in [-0.15, -0.1) is 11.3 Å². The first-order valence-corrected chi connectivity index (χ1v) is 9.24. The van der Waals surface area contributed by atoms with Crippen LogP contribution in [-0.4, -0.2) is 24.5 Å². The Morgan fingerprint density at radius 3 is 2.43 bits per heavy atom. The molecule has 1 aromatic heterocycles. The lowest BCUT2D eigenvalue weighted by molar-refractivity contribution is -0.137. The van der Waals surface area contributed by atoms with Gasteiger partial charge in [-0.05, 0) is 51.5 Å². The van der Waals surface area contributed by atoms with Gasteiger partial charge in [0.25, 0.3) is 5.91 Å². The number of alkyl halides is 3. The maximum Gasteiger partial charge on any atom is 0.416 e. The van der Waals surface area contributed by atoms with Gasteiger partial charge in [-0.1, -0.05) is 0 Å². The highest BCUT2D eigenvalue weighted by molar-refractivity contribution is 7.18. The summed E-state index contributed by atoms with van der Waals surface area (Å²) in [4.78, 5) is 27.2. The van der Waals surface area contributed by atoms with Gasteiger partial charge in [-0.25, -0.2) is 4.79 Å². The first kappa shape index (κ1) is 20.2. The Labute approximate surface area is 164 Å². The fraction of sp³-hybridized carbons (Fsp3) is 0.368. The van der Waals surface area contributed by atoms with E-state index in [2.05, 4.69) is 5.32 Å². The molecule has 2 aromatic rings. The van der Waals surface area contributed by atoms with E-state index >= 15 is 0 Å². The number of anilines is 3. The third kappa shape index (κ3) is 3.58. The van der Waals surface area contributed by atoms with Crippen molar-refractivity contribution in [2.24, 2.45) is 0 Å². The molecule has 1 aromatic carbocycles. The average molecular weight is 412 g/mol. The van der Waals surface area contributed by atoms with Gasteiger partial charge in [0.05, 0.1) is 22.5 Å². The molecule has 1 N–H and O–H groups in total.